The van der Waals surface area contributed by atoms with Crippen LogP contribution in [0.5, 0.6) is 5.75 Å². The number of aromatic amines is 1. The van der Waals surface area contributed by atoms with Crippen molar-refractivity contribution in [2.24, 2.45) is 0 Å². The summed E-state index contributed by atoms with van der Waals surface area (Å²) < 4.78 is 22.8. The van der Waals surface area contributed by atoms with E-state index >= 15 is 0 Å². The van der Waals surface area contributed by atoms with Crippen LogP contribution in [-0.2, 0) is 6.61 Å². The van der Waals surface area contributed by atoms with Crippen molar-refractivity contribution in [1.82, 2.24) is 4.98 Å². The quantitative estimate of drug-likeness (QED) is 0.801. The highest BCUT2D eigenvalue weighted by atomic mass is 19.1. The molecule has 0 bridgehead atoms. The number of halogens is 1. The van der Waals surface area contributed by atoms with Crippen molar-refractivity contribution in [3.05, 3.63) is 74.8 Å². The summed E-state index contributed by atoms with van der Waals surface area (Å²) >= 11 is 0. The van der Waals surface area contributed by atoms with Crippen molar-refractivity contribution in [3.8, 4) is 5.75 Å². The maximum atomic E-state index is 12.8. The van der Waals surface area contributed by atoms with Gasteiger partial charge < -0.3 is 9.15 Å². The molecule has 0 aliphatic carbocycles. The normalized spacial score (nSPS) is 10.7. The number of rotatable bonds is 3. The molecule has 3 aromatic rings. The Kier molecular flexibility index (Phi) is 3.27. The average Bonchev–Trinajstić information content (AvgIpc) is 2.47. The Hall–Kier alpha value is -2.89. The molecule has 0 fully saturated rings. The fraction of sp³-hybridized carbons (Fsp3) is 0.0667. The molecule has 106 valence electrons. The summed E-state index contributed by atoms with van der Waals surface area (Å²) in [6, 6.07) is 10.6. The van der Waals surface area contributed by atoms with Crippen molar-refractivity contribution in [2.45, 2.75) is 6.61 Å². The molecule has 5 nitrogen and oxygen atoms in total. The zero-order valence-electron chi connectivity index (χ0n) is 10.8. The predicted octanol–water partition coefficient (Wildman–Crippen LogP) is 2.20. The molecule has 0 saturated heterocycles. The number of ether oxygens (including phenoxy) is 1. The SMILES string of the molecule is O=c1[nH]c2ccc(OCc3ccc(F)cc3)cc2c(=O)o1. The minimum Gasteiger partial charge on any atom is -0.489 e. The van der Waals surface area contributed by atoms with Crippen LogP contribution in [0.15, 0.2) is 56.5 Å². The van der Waals surface area contributed by atoms with E-state index in [-0.39, 0.29) is 17.8 Å². The lowest BCUT2D eigenvalue weighted by Crippen LogP contribution is -2.14. The number of aromatic nitrogens is 1. The highest BCUT2D eigenvalue weighted by Gasteiger charge is 2.05. The molecule has 0 unspecified atom stereocenters. The van der Waals surface area contributed by atoms with Gasteiger partial charge in [0.1, 0.15) is 18.2 Å². The second kappa shape index (κ2) is 5.24. The van der Waals surface area contributed by atoms with Gasteiger partial charge in [-0.3, -0.25) is 4.98 Å². The summed E-state index contributed by atoms with van der Waals surface area (Å²) in [7, 11) is 0. The molecule has 0 aliphatic heterocycles. The Balaban J connectivity index is 1.86. The number of fused-ring (bicyclic) bond motifs is 1. The molecule has 0 atom stereocenters. The Morgan fingerprint density at radius 3 is 2.62 bits per heavy atom. The van der Waals surface area contributed by atoms with Crippen molar-refractivity contribution in [3.63, 3.8) is 0 Å². The van der Waals surface area contributed by atoms with Gasteiger partial charge in [0.2, 0.25) is 0 Å². The van der Waals surface area contributed by atoms with E-state index in [0.29, 0.717) is 11.3 Å². The fourth-order valence-electron chi connectivity index (χ4n) is 1.91. The first-order valence-corrected chi connectivity index (χ1v) is 6.16. The molecule has 3 rings (SSSR count). The highest BCUT2D eigenvalue weighted by Crippen LogP contribution is 2.17. The first-order chi connectivity index (χ1) is 10.1. The van der Waals surface area contributed by atoms with E-state index < -0.39 is 11.4 Å². The number of hydrogen-bond donors (Lipinski definition) is 1. The molecule has 1 aromatic heterocycles. The second-order valence-corrected chi connectivity index (χ2v) is 4.42. The second-order valence-electron chi connectivity index (χ2n) is 4.42. The Morgan fingerprint density at radius 2 is 1.86 bits per heavy atom. The van der Waals surface area contributed by atoms with Crippen LogP contribution in [0.1, 0.15) is 5.56 Å². The molecule has 6 heteroatoms. The standard InChI is InChI=1S/C15H10FNO4/c16-10-3-1-9(2-4-10)8-20-11-5-6-13-12(7-11)14(18)21-15(19)17-13/h1-7H,8H2,(H,17,19). The summed E-state index contributed by atoms with van der Waals surface area (Å²) in [5, 5.41) is 0.228. The van der Waals surface area contributed by atoms with E-state index in [9.17, 15) is 14.0 Å². The van der Waals surface area contributed by atoms with E-state index in [1.54, 1.807) is 24.3 Å². The molecule has 0 spiro atoms. The molecular formula is C15H10FNO4. The lowest BCUT2D eigenvalue weighted by atomic mass is 10.2. The van der Waals surface area contributed by atoms with E-state index in [1.807, 2.05) is 0 Å². The van der Waals surface area contributed by atoms with Crippen molar-refractivity contribution < 1.29 is 13.5 Å². The average molecular weight is 287 g/mol. The maximum Gasteiger partial charge on any atom is 0.419 e. The smallest absolute Gasteiger partial charge is 0.419 e. The largest absolute Gasteiger partial charge is 0.489 e. The Labute approximate surface area is 117 Å². The van der Waals surface area contributed by atoms with Gasteiger partial charge in [0.25, 0.3) is 0 Å². The Bertz CT molecular complexity index is 896. The first-order valence-electron chi connectivity index (χ1n) is 6.16. The topological polar surface area (TPSA) is 72.3 Å². The minimum absolute atomic E-state index is 0.228. The molecule has 2 aromatic carbocycles. The molecule has 21 heavy (non-hydrogen) atoms. The number of nitrogens with one attached hydrogen (secondary N) is 1. The number of benzene rings is 2. The van der Waals surface area contributed by atoms with Crippen LogP contribution in [-0.4, -0.2) is 4.98 Å². The number of H-pyrrole nitrogens is 1. The Morgan fingerprint density at radius 1 is 1.10 bits per heavy atom. The molecule has 0 saturated carbocycles. The molecule has 0 amide bonds. The van der Waals surface area contributed by atoms with Crippen LogP contribution in [0.3, 0.4) is 0 Å². The van der Waals surface area contributed by atoms with Crippen LogP contribution >= 0.6 is 0 Å². The van der Waals surface area contributed by atoms with Crippen LogP contribution < -0.4 is 16.1 Å². The van der Waals surface area contributed by atoms with E-state index in [4.69, 9.17) is 4.74 Å². The van der Waals surface area contributed by atoms with Gasteiger partial charge >= 0.3 is 11.4 Å². The third-order valence-corrected chi connectivity index (χ3v) is 2.95. The molecule has 1 N–H and O–H groups in total. The molecular weight excluding hydrogens is 277 g/mol. The molecule has 0 radical (unpaired) electrons. The van der Waals surface area contributed by atoms with Crippen LogP contribution in [0.2, 0.25) is 0 Å². The summed E-state index contributed by atoms with van der Waals surface area (Å²) in [5.41, 5.74) is 0.455. The summed E-state index contributed by atoms with van der Waals surface area (Å²) in [5.74, 6) is -0.662. The fourth-order valence-corrected chi connectivity index (χ4v) is 1.91. The predicted molar refractivity (Wildman–Crippen MR) is 73.8 cm³/mol. The van der Waals surface area contributed by atoms with Crippen molar-refractivity contribution in [1.29, 1.82) is 0 Å². The van der Waals surface area contributed by atoms with Crippen LogP contribution in [0, 0.1) is 5.82 Å². The van der Waals surface area contributed by atoms with Gasteiger partial charge in [-0.25, -0.2) is 14.0 Å². The van der Waals surface area contributed by atoms with Crippen LogP contribution in [0.25, 0.3) is 10.9 Å². The van der Waals surface area contributed by atoms with E-state index in [1.165, 1.54) is 18.2 Å². The lowest BCUT2D eigenvalue weighted by Gasteiger charge is -2.06. The summed E-state index contributed by atoms with van der Waals surface area (Å²) in [4.78, 5) is 25.0. The lowest BCUT2D eigenvalue weighted by molar-refractivity contribution is 0.306. The number of hydrogen-bond acceptors (Lipinski definition) is 4. The van der Waals surface area contributed by atoms with E-state index in [0.717, 1.165) is 5.56 Å². The van der Waals surface area contributed by atoms with Gasteiger partial charge in [0, 0.05) is 0 Å². The minimum atomic E-state index is -0.799. The van der Waals surface area contributed by atoms with Crippen LogP contribution in [0.4, 0.5) is 4.39 Å². The van der Waals surface area contributed by atoms with Gasteiger partial charge in [-0.05, 0) is 35.9 Å². The van der Waals surface area contributed by atoms with E-state index in [2.05, 4.69) is 9.40 Å². The van der Waals surface area contributed by atoms with Gasteiger partial charge in [0.15, 0.2) is 0 Å². The summed E-state index contributed by atoms with van der Waals surface area (Å²) in [6.07, 6.45) is 0. The first kappa shape index (κ1) is 13.1. The van der Waals surface area contributed by atoms with Gasteiger partial charge in [-0.15, -0.1) is 0 Å². The zero-order valence-corrected chi connectivity index (χ0v) is 10.8. The zero-order chi connectivity index (χ0) is 14.8. The monoisotopic (exact) mass is 287 g/mol. The summed E-state index contributed by atoms with van der Waals surface area (Å²) in [6.45, 7) is 0.237. The maximum absolute atomic E-state index is 12.8. The van der Waals surface area contributed by atoms with Crippen molar-refractivity contribution >= 4 is 10.9 Å². The van der Waals surface area contributed by atoms with Gasteiger partial charge in [-0.2, -0.15) is 0 Å². The van der Waals surface area contributed by atoms with Gasteiger partial charge in [0.05, 0.1) is 10.9 Å². The molecule has 1 heterocycles. The van der Waals surface area contributed by atoms with Gasteiger partial charge in [-0.1, -0.05) is 12.1 Å². The van der Waals surface area contributed by atoms with Crippen molar-refractivity contribution in [2.75, 3.05) is 0 Å². The molecule has 0 aliphatic rings. The highest BCUT2D eigenvalue weighted by molar-refractivity contribution is 5.78. The third kappa shape index (κ3) is 2.84. The third-order valence-electron chi connectivity index (χ3n) is 2.95.